The average molecular weight is 322 g/mol. The van der Waals surface area contributed by atoms with Crippen LogP contribution in [0.5, 0.6) is 0 Å². The lowest BCUT2D eigenvalue weighted by Gasteiger charge is -2.13. The first-order chi connectivity index (χ1) is 11.5. The van der Waals surface area contributed by atoms with Crippen LogP contribution in [0.25, 0.3) is 22.4 Å². The third-order valence-electron chi connectivity index (χ3n) is 4.52. The fraction of sp³-hybridized carbons (Fsp3) is 0.350. The summed E-state index contributed by atoms with van der Waals surface area (Å²) in [6.45, 7) is 6.32. The van der Waals surface area contributed by atoms with Gasteiger partial charge in [-0.15, -0.1) is 0 Å². The Labute approximate surface area is 143 Å². The summed E-state index contributed by atoms with van der Waals surface area (Å²) >= 11 is 0. The van der Waals surface area contributed by atoms with Crippen molar-refractivity contribution in [2.24, 2.45) is 0 Å². The van der Waals surface area contributed by atoms with Crippen molar-refractivity contribution in [1.82, 2.24) is 14.5 Å². The van der Waals surface area contributed by atoms with E-state index in [0.29, 0.717) is 0 Å². The molecule has 3 rings (SSSR count). The largest absolute Gasteiger partial charge is 0.399 e. The Kier molecular flexibility index (Phi) is 4.58. The molecule has 4 heteroatoms. The normalized spacial score (nSPS) is 11.5. The van der Waals surface area contributed by atoms with Gasteiger partial charge in [-0.2, -0.15) is 0 Å². The van der Waals surface area contributed by atoms with Crippen LogP contribution in [0.1, 0.15) is 17.5 Å². The molecule has 126 valence electrons. The Balaban J connectivity index is 2.10. The topological polar surface area (TPSA) is 47.1 Å². The highest BCUT2D eigenvalue weighted by molar-refractivity contribution is 5.82. The first-order valence-corrected chi connectivity index (χ1v) is 8.44. The van der Waals surface area contributed by atoms with Gasteiger partial charge in [0, 0.05) is 17.8 Å². The summed E-state index contributed by atoms with van der Waals surface area (Å²) in [5.41, 5.74) is 12.6. The van der Waals surface area contributed by atoms with Crippen LogP contribution in [0.4, 0.5) is 5.69 Å². The number of hydrogen-bond acceptors (Lipinski definition) is 3. The van der Waals surface area contributed by atoms with Gasteiger partial charge in [0.25, 0.3) is 0 Å². The van der Waals surface area contributed by atoms with Crippen molar-refractivity contribution < 1.29 is 0 Å². The minimum atomic E-state index is 0.778. The lowest BCUT2D eigenvalue weighted by Crippen LogP contribution is -2.15. The van der Waals surface area contributed by atoms with Gasteiger partial charge in [0.05, 0.1) is 11.0 Å². The standard InChI is InChI=1S/C20H26N4/c1-14-12-18-19(13-15(14)2)24(11-5-10-23(3)4)20(22-18)16-6-8-17(21)9-7-16/h6-9,12-13H,5,10-11,21H2,1-4H3. The number of aromatic nitrogens is 2. The van der Waals surface area contributed by atoms with Crippen LogP contribution in [-0.4, -0.2) is 35.1 Å². The maximum Gasteiger partial charge on any atom is 0.141 e. The minimum Gasteiger partial charge on any atom is -0.399 e. The Morgan fingerprint density at radius 2 is 1.71 bits per heavy atom. The van der Waals surface area contributed by atoms with Crippen molar-refractivity contribution in [1.29, 1.82) is 0 Å². The van der Waals surface area contributed by atoms with E-state index in [4.69, 9.17) is 10.7 Å². The van der Waals surface area contributed by atoms with E-state index in [1.54, 1.807) is 0 Å². The lowest BCUT2D eigenvalue weighted by molar-refractivity contribution is 0.388. The van der Waals surface area contributed by atoms with Crippen molar-refractivity contribution in [2.75, 3.05) is 26.4 Å². The summed E-state index contributed by atoms with van der Waals surface area (Å²) in [6, 6.07) is 12.4. The van der Waals surface area contributed by atoms with Crippen molar-refractivity contribution >= 4 is 16.7 Å². The van der Waals surface area contributed by atoms with E-state index in [1.807, 2.05) is 12.1 Å². The summed E-state index contributed by atoms with van der Waals surface area (Å²) in [5.74, 6) is 1.02. The quantitative estimate of drug-likeness (QED) is 0.726. The van der Waals surface area contributed by atoms with E-state index < -0.39 is 0 Å². The Bertz CT molecular complexity index is 844. The number of nitrogen functional groups attached to an aromatic ring is 1. The fourth-order valence-electron chi connectivity index (χ4n) is 3.00. The van der Waals surface area contributed by atoms with Gasteiger partial charge < -0.3 is 15.2 Å². The van der Waals surface area contributed by atoms with Gasteiger partial charge in [0.15, 0.2) is 0 Å². The summed E-state index contributed by atoms with van der Waals surface area (Å²) in [4.78, 5) is 7.14. The molecule has 0 unspecified atom stereocenters. The zero-order valence-electron chi connectivity index (χ0n) is 15.0. The molecule has 0 fully saturated rings. The van der Waals surface area contributed by atoms with E-state index in [9.17, 15) is 0 Å². The Morgan fingerprint density at radius 3 is 2.38 bits per heavy atom. The number of anilines is 1. The Morgan fingerprint density at radius 1 is 1.04 bits per heavy atom. The minimum absolute atomic E-state index is 0.778. The van der Waals surface area contributed by atoms with E-state index in [0.717, 1.165) is 42.1 Å². The van der Waals surface area contributed by atoms with Crippen LogP contribution in [0, 0.1) is 13.8 Å². The summed E-state index contributed by atoms with van der Waals surface area (Å²) in [7, 11) is 4.22. The zero-order valence-corrected chi connectivity index (χ0v) is 15.0. The molecule has 0 aliphatic rings. The molecule has 0 saturated carbocycles. The van der Waals surface area contributed by atoms with E-state index in [-0.39, 0.29) is 0 Å². The zero-order chi connectivity index (χ0) is 17.3. The average Bonchev–Trinajstić information content (AvgIpc) is 2.86. The predicted octanol–water partition coefficient (Wildman–Crippen LogP) is 3.85. The maximum atomic E-state index is 5.84. The molecule has 0 saturated heterocycles. The molecule has 0 radical (unpaired) electrons. The van der Waals surface area contributed by atoms with Crippen LogP contribution in [-0.2, 0) is 6.54 Å². The number of rotatable bonds is 5. The van der Waals surface area contributed by atoms with Crippen molar-refractivity contribution in [3.05, 3.63) is 47.5 Å². The second kappa shape index (κ2) is 6.65. The van der Waals surface area contributed by atoms with Gasteiger partial charge in [-0.1, -0.05) is 0 Å². The molecular weight excluding hydrogens is 296 g/mol. The monoisotopic (exact) mass is 322 g/mol. The van der Waals surface area contributed by atoms with Crippen LogP contribution >= 0.6 is 0 Å². The molecule has 0 aliphatic heterocycles. The number of imidazole rings is 1. The van der Waals surface area contributed by atoms with E-state index in [1.165, 1.54) is 16.6 Å². The number of nitrogens with zero attached hydrogens (tertiary/aromatic N) is 3. The maximum absolute atomic E-state index is 5.84. The molecule has 0 aliphatic carbocycles. The molecule has 4 nitrogen and oxygen atoms in total. The fourth-order valence-corrected chi connectivity index (χ4v) is 3.00. The molecule has 0 spiro atoms. The molecule has 0 bridgehead atoms. The number of aryl methyl sites for hydroxylation is 3. The number of benzene rings is 2. The molecule has 1 aromatic heterocycles. The second-order valence-electron chi connectivity index (χ2n) is 6.79. The van der Waals surface area contributed by atoms with E-state index in [2.05, 4.69) is 61.7 Å². The SMILES string of the molecule is Cc1cc2nc(-c3ccc(N)cc3)n(CCCN(C)C)c2cc1C. The number of fused-ring (bicyclic) bond motifs is 1. The second-order valence-corrected chi connectivity index (χ2v) is 6.79. The number of nitrogens with two attached hydrogens (primary N) is 1. The predicted molar refractivity (Wildman–Crippen MR) is 102 cm³/mol. The third kappa shape index (κ3) is 3.29. The molecule has 24 heavy (non-hydrogen) atoms. The lowest BCUT2D eigenvalue weighted by atomic mass is 10.1. The van der Waals surface area contributed by atoms with Gasteiger partial charge in [0.1, 0.15) is 5.82 Å². The molecule has 2 N–H and O–H groups in total. The van der Waals surface area contributed by atoms with Crippen LogP contribution < -0.4 is 5.73 Å². The molecular formula is C20H26N4. The first kappa shape index (κ1) is 16.5. The van der Waals surface area contributed by atoms with Crippen molar-refractivity contribution in [3.8, 4) is 11.4 Å². The molecule has 1 heterocycles. The van der Waals surface area contributed by atoms with Gasteiger partial charge in [-0.25, -0.2) is 4.98 Å². The Hall–Kier alpha value is -2.33. The molecule has 0 amide bonds. The highest BCUT2D eigenvalue weighted by Gasteiger charge is 2.13. The summed E-state index contributed by atoms with van der Waals surface area (Å²) < 4.78 is 2.34. The third-order valence-corrected chi connectivity index (χ3v) is 4.52. The van der Waals surface area contributed by atoms with Gasteiger partial charge in [-0.05, 0) is 88.4 Å². The highest BCUT2D eigenvalue weighted by Crippen LogP contribution is 2.27. The first-order valence-electron chi connectivity index (χ1n) is 8.44. The van der Waals surface area contributed by atoms with Crippen molar-refractivity contribution in [2.45, 2.75) is 26.8 Å². The van der Waals surface area contributed by atoms with Gasteiger partial charge in [-0.3, -0.25) is 0 Å². The summed E-state index contributed by atoms with van der Waals surface area (Å²) in [5, 5.41) is 0. The van der Waals surface area contributed by atoms with Crippen LogP contribution in [0.3, 0.4) is 0 Å². The van der Waals surface area contributed by atoms with Gasteiger partial charge >= 0.3 is 0 Å². The summed E-state index contributed by atoms with van der Waals surface area (Å²) in [6.07, 6.45) is 1.09. The van der Waals surface area contributed by atoms with Gasteiger partial charge in [0.2, 0.25) is 0 Å². The molecule has 2 aromatic carbocycles. The molecule has 3 aromatic rings. The van der Waals surface area contributed by atoms with Crippen LogP contribution in [0.15, 0.2) is 36.4 Å². The molecule has 0 atom stereocenters. The smallest absolute Gasteiger partial charge is 0.141 e. The van der Waals surface area contributed by atoms with E-state index >= 15 is 0 Å². The highest BCUT2D eigenvalue weighted by atomic mass is 15.1. The van der Waals surface area contributed by atoms with Crippen molar-refractivity contribution in [3.63, 3.8) is 0 Å². The number of hydrogen-bond donors (Lipinski definition) is 1. The van der Waals surface area contributed by atoms with Crippen LogP contribution in [0.2, 0.25) is 0 Å².